The average Bonchev–Trinajstić information content (AvgIpc) is 3.73. The summed E-state index contributed by atoms with van der Waals surface area (Å²) < 4.78 is 15.4. The van der Waals surface area contributed by atoms with Gasteiger partial charge in [-0.2, -0.15) is 0 Å². The molecule has 0 saturated carbocycles. The molecule has 1 aliphatic heterocycles. The molecule has 0 amide bonds. The molecule has 7 aromatic carbocycles. The predicted octanol–water partition coefficient (Wildman–Crippen LogP) is 11.5. The van der Waals surface area contributed by atoms with E-state index in [1.54, 1.807) is 0 Å². The minimum Gasteiger partial charge on any atom is -0.449 e. The summed E-state index contributed by atoms with van der Waals surface area (Å²) in [6.45, 7) is 0. The summed E-state index contributed by atoms with van der Waals surface area (Å²) in [5.74, 6) is 4.57. The number of hydrogen-bond donors (Lipinski definition) is 1. The third kappa shape index (κ3) is 4.50. The van der Waals surface area contributed by atoms with Crippen LogP contribution in [0.5, 0.6) is 23.0 Å². The summed E-state index contributed by atoms with van der Waals surface area (Å²) in [6.07, 6.45) is 0. The van der Waals surface area contributed by atoms with Crippen LogP contribution in [0.15, 0.2) is 158 Å². The van der Waals surface area contributed by atoms with Gasteiger partial charge in [0.15, 0.2) is 40.5 Å². The van der Waals surface area contributed by atoms with Gasteiger partial charge in [0.1, 0.15) is 0 Å². The second-order valence-electron chi connectivity index (χ2n) is 13.0. The van der Waals surface area contributed by atoms with Crippen molar-refractivity contribution in [2.24, 2.45) is 0 Å². The summed E-state index contributed by atoms with van der Waals surface area (Å²) in [7, 11) is 0. The Bertz CT molecular complexity index is 2960. The second-order valence-corrected chi connectivity index (χ2v) is 13.0. The first-order valence-electron chi connectivity index (χ1n) is 17.2. The van der Waals surface area contributed by atoms with E-state index in [0.29, 0.717) is 40.5 Å². The van der Waals surface area contributed by atoms with Crippen molar-refractivity contribution < 1.29 is 9.47 Å². The summed E-state index contributed by atoms with van der Waals surface area (Å²) in [4.78, 5) is 18.4. The zero-order valence-corrected chi connectivity index (χ0v) is 27.6. The zero-order valence-electron chi connectivity index (χ0n) is 27.6. The fraction of sp³-hybridized carbons (Fsp3) is 0. The third-order valence-electron chi connectivity index (χ3n) is 9.81. The zero-order chi connectivity index (χ0) is 34.2. The Morgan fingerprint density at radius 2 is 0.942 bits per heavy atom. The SMILES string of the molecule is c1ccc(-c2nc(-c3ccccc3)nc(-c3cccc(-n4c5ccccc5c5cc6c(cc54)Oc4cc5c(cc4O6)[nH]c4ccccc45)c3)n2)cc1. The van der Waals surface area contributed by atoms with Gasteiger partial charge in [0.05, 0.1) is 16.6 Å². The van der Waals surface area contributed by atoms with Crippen LogP contribution in [0.2, 0.25) is 0 Å². The van der Waals surface area contributed by atoms with Gasteiger partial charge in [-0.3, -0.25) is 0 Å². The lowest BCUT2D eigenvalue weighted by Gasteiger charge is -2.21. The molecule has 52 heavy (non-hydrogen) atoms. The number of rotatable bonds is 4. The molecule has 0 unspecified atom stereocenters. The van der Waals surface area contributed by atoms with Crippen LogP contribution < -0.4 is 9.47 Å². The highest BCUT2D eigenvalue weighted by Crippen LogP contribution is 2.50. The molecule has 0 radical (unpaired) electrons. The van der Waals surface area contributed by atoms with Gasteiger partial charge in [0, 0.05) is 61.6 Å². The molecule has 4 heterocycles. The van der Waals surface area contributed by atoms with Crippen molar-refractivity contribution in [2.45, 2.75) is 0 Å². The number of benzene rings is 7. The quantitative estimate of drug-likeness (QED) is 0.202. The van der Waals surface area contributed by atoms with Gasteiger partial charge in [0.2, 0.25) is 0 Å². The molecule has 0 fully saturated rings. The Kier molecular flexibility index (Phi) is 6.12. The van der Waals surface area contributed by atoms with E-state index in [2.05, 4.69) is 94.5 Å². The third-order valence-corrected chi connectivity index (χ3v) is 9.81. The van der Waals surface area contributed by atoms with Gasteiger partial charge >= 0.3 is 0 Å². The minimum atomic E-state index is 0.602. The molecule has 7 heteroatoms. The van der Waals surface area contributed by atoms with Crippen molar-refractivity contribution in [1.29, 1.82) is 0 Å². The number of nitrogens with one attached hydrogen (secondary N) is 1. The van der Waals surface area contributed by atoms with Crippen molar-refractivity contribution in [3.8, 4) is 62.8 Å². The Morgan fingerprint density at radius 3 is 1.67 bits per heavy atom. The molecule has 0 saturated heterocycles. The second kappa shape index (κ2) is 11.1. The normalized spacial score (nSPS) is 12.2. The Labute approximate surface area is 297 Å². The number of nitrogens with zero attached hydrogens (tertiary/aromatic N) is 4. The molecule has 244 valence electrons. The summed E-state index contributed by atoms with van der Waals surface area (Å²) in [5, 5.41) is 4.42. The van der Waals surface area contributed by atoms with Crippen LogP contribution in [0, 0.1) is 0 Å². The lowest BCUT2D eigenvalue weighted by Crippen LogP contribution is -2.01. The highest BCUT2D eigenvalue weighted by molar-refractivity contribution is 6.11. The summed E-state index contributed by atoms with van der Waals surface area (Å²) >= 11 is 0. The standard InChI is InChI=1S/C45H27N5O2/c1-3-12-27(13-4-1)43-47-44(28-14-5-2-6-15-28)49-45(48-43)29-16-11-17-30(22-29)50-37-21-10-8-19-32(37)34-24-40-42(26-38(34)50)52-39-23-33-31-18-7-9-20-35(31)46-36(33)25-41(39)51-40/h1-26,46H. The number of aromatic amines is 1. The maximum absolute atomic E-state index is 6.62. The lowest BCUT2D eigenvalue weighted by atomic mass is 10.1. The molecule has 0 atom stereocenters. The van der Waals surface area contributed by atoms with Crippen LogP contribution in [0.4, 0.5) is 0 Å². The number of hydrogen-bond acceptors (Lipinski definition) is 5. The summed E-state index contributed by atoms with van der Waals surface area (Å²) in [6, 6.07) is 53.5. The molecule has 10 aromatic rings. The highest BCUT2D eigenvalue weighted by Gasteiger charge is 2.24. The van der Waals surface area contributed by atoms with Crippen LogP contribution in [-0.4, -0.2) is 24.5 Å². The van der Waals surface area contributed by atoms with Gasteiger partial charge < -0.3 is 19.0 Å². The Morgan fingerprint density at radius 1 is 0.385 bits per heavy atom. The topological polar surface area (TPSA) is 77.9 Å². The first kappa shape index (κ1) is 28.6. The largest absolute Gasteiger partial charge is 0.449 e. The predicted molar refractivity (Wildman–Crippen MR) is 206 cm³/mol. The number of ether oxygens (including phenoxy) is 2. The number of H-pyrrole nitrogens is 1. The highest BCUT2D eigenvalue weighted by atomic mass is 16.6. The van der Waals surface area contributed by atoms with Gasteiger partial charge in [-0.05, 0) is 36.4 Å². The minimum absolute atomic E-state index is 0.602. The van der Waals surface area contributed by atoms with E-state index in [-0.39, 0.29) is 0 Å². The van der Waals surface area contributed by atoms with Crippen LogP contribution in [-0.2, 0) is 0 Å². The molecule has 0 bridgehead atoms. The maximum Gasteiger partial charge on any atom is 0.172 e. The molecule has 11 rings (SSSR count). The number of aromatic nitrogens is 5. The van der Waals surface area contributed by atoms with Gasteiger partial charge in [-0.15, -0.1) is 0 Å². The number of fused-ring (bicyclic) bond motifs is 8. The van der Waals surface area contributed by atoms with E-state index in [1.807, 2.05) is 72.8 Å². The van der Waals surface area contributed by atoms with E-state index in [4.69, 9.17) is 24.4 Å². The van der Waals surface area contributed by atoms with Crippen LogP contribution in [0.3, 0.4) is 0 Å². The number of para-hydroxylation sites is 2. The van der Waals surface area contributed by atoms with Crippen molar-refractivity contribution in [2.75, 3.05) is 0 Å². The van der Waals surface area contributed by atoms with E-state index >= 15 is 0 Å². The van der Waals surface area contributed by atoms with Gasteiger partial charge in [-0.25, -0.2) is 15.0 Å². The first-order chi connectivity index (χ1) is 25.7. The lowest BCUT2D eigenvalue weighted by molar-refractivity contribution is 0.361. The van der Waals surface area contributed by atoms with Crippen LogP contribution >= 0.6 is 0 Å². The van der Waals surface area contributed by atoms with E-state index in [0.717, 1.165) is 66.0 Å². The summed E-state index contributed by atoms with van der Waals surface area (Å²) in [5.41, 5.74) is 7.88. The molecule has 1 aliphatic rings. The smallest absolute Gasteiger partial charge is 0.172 e. The Hall–Kier alpha value is -7.25. The monoisotopic (exact) mass is 669 g/mol. The molecule has 0 aliphatic carbocycles. The molecular formula is C45H27N5O2. The maximum atomic E-state index is 6.62. The van der Waals surface area contributed by atoms with Crippen molar-refractivity contribution in [3.63, 3.8) is 0 Å². The average molecular weight is 670 g/mol. The van der Waals surface area contributed by atoms with Crippen LogP contribution in [0.25, 0.3) is 83.5 Å². The molecular weight excluding hydrogens is 643 g/mol. The Balaban J connectivity index is 1.06. The molecule has 0 spiro atoms. The fourth-order valence-electron chi connectivity index (χ4n) is 7.39. The van der Waals surface area contributed by atoms with Crippen molar-refractivity contribution in [1.82, 2.24) is 24.5 Å². The van der Waals surface area contributed by atoms with Crippen LogP contribution in [0.1, 0.15) is 0 Å². The van der Waals surface area contributed by atoms with E-state index < -0.39 is 0 Å². The molecule has 1 N–H and O–H groups in total. The van der Waals surface area contributed by atoms with Gasteiger partial charge in [-0.1, -0.05) is 109 Å². The van der Waals surface area contributed by atoms with E-state index in [9.17, 15) is 0 Å². The van der Waals surface area contributed by atoms with Gasteiger partial charge in [0.25, 0.3) is 0 Å². The first-order valence-corrected chi connectivity index (χ1v) is 17.2. The van der Waals surface area contributed by atoms with Crippen molar-refractivity contribution in [3.05, 3.63) is 158 Å². The fourth-order valence-corrected chi connectivity index (χ4v) is 7.39. The molecule has 3 aromatic heterocycles. The van der Waals surface area contributed by atoms with E-state index in [1.165, 1.54) is 0 Å². The molecule has 7 nitrogen and oxygen atoms in total. The van der Waals surface area contributed by atoms with Crippen molar-refractivity contribution >= 4 is 43.6 Å².